The molecule has 0 aliphatic carbocycles. The molecule has 0 radical (unpaired) electrons. The standard InChI is InChI=1S/C23H28N2O5/c1-16(26)29-15-18-12-8-9-13-19(18)24-21(27)20(14-17-10-6-5-7-11-17)25-22(28)30-23(2,3)4/h5-13,20H,14-15H2,1-4H3,(H,24,27)(H,25,28)/t20-/m0/s1. The van der Waals surface area contributed by atoms with Gasteiger partial charge in [-0.05, 0) is 32.4 Å². The Hall–Kier alpha value is -3.35. The van der Waals surface area contributed by atoms with Crippen LogP contribution in [0, 0.1) is 0 Å². The molecule has 2 N–H and O–H groups in total. The first-order valence-electron chi connectivity index (χ1n) is 9.69. The van der Waals surface area contributed by atoms with E-state index < -0.39 is 29.6 Å². The van der Waals surface area contributed by atoms with Gasteiger partial charge in [0.1, 0.15) is 18.2 Å². The highest BCUT2D eigenvalue weighted by atomic mass is 16.6. The molecule has 2 aromatic rings. The van der Waals surface area contributed by atoms with E-state index >= 15 is 0 Å². The second kappa shape index (κ2) is 10.4. The van der Waals surface area contributed by atoms with E-state index in [0.717, 1.165) is 5.56 Å². The number of carbonyl (C=O) groups is 3. The van der Waals surface area contributed by atoms with Crippen LogP contribution in [0.1, 0.15) is 38.8 Å². The van der Waals surface area contributed by atoms with Gasteiger partial charge in [-0.1, -0.05) is 48.5 Å². The number of nitrogens with one attached hydrogen (secondary N) is 2. The Bertz CT molecular complexity index is 875. The van der Waals surface area contributed by atoms with E-state index in [1.165, 1.54) is 6.92 Å². The number of amides is 2. The molecule has 0 saturated heterocycles. The second-order valence-electron chi connectivity index (χ2n) is 7.82. The first-order chi connectivity index (χ1) is 14.1. The summed E-state index contributed by atoms with van der Waals surface area (Å²) in [6.45, 7) is 6.62. The number of carbonyl (C=O) groups excluding carboxylic acids is 3. The number of para-hydroxylation sites is 1. The van der Waals surface area contributed by atoms with Crippen molar-refractivity contribution >= 4 is 23.7 Å². The maximum Gasteiger partial charge on any atom is 0.408 e. The highest BCUT2D eigenvalue weighted by Crippen LogP contribution is 2.17. The van der Waals surface area contributed by atoms with E-state index in [1.54, 1.807) is 45.0 Å². The van der Waals surface area contributed by atoms with Crippen LogP contribution in [-0.2, 0) is 32.1 Å². The highest BCUT2D eigenvalue weighted by Gasteiger charge is 2.25. The van der Waals surface area contributed by atoms with Gasteiger partial charge in [0.25, 0.3) is 0 Å². The summed E-state index contributed by atoms with van der Waals surface area (Å²) in [4.78, 5) is 36.4. The Morgan fingerprint density at radius 3 is 2.23 bits per heavy atom. The normalized spacial score (nSPS) is 11.9. The zero-order valence-electron chi connectivity index (χ0n) is 17.7. The number of benzene rings is 2. The Morgan fingerprint density at radius 1 is 0.967 bits per heavy atom. The molecular formula is C23H28N2O5. The molecule has 0 unspecified atom stereocenters. The van der Waals surface area contributed by atoms with Gasteiger partial charge in [-0.25, -0.2) is 4.79 Å². The summed E-state index contributed by atoms with van der Waals surface area (Å²) < 4.78 is 10.4. The molecule has 160 valence electrons. The SMILES string of the molecule is CC(=O)OCc1ccccc1NC(=O)[C@H](Cc1ccccc1)NC(=O)OC(C)(C)C. The highest BCUT2D eigenvalue weighted by molar-refractivity contribution is 5.97. The van der Waals surface area contributed by atoms with Gasteiger partial charge in [-0.3, -0.25) is 9.59 Å². The number of ether oxygens (including phenoxy) is 2. The lowest BCUT2D eigenvalue weighted by atomic mass is 10.0. The van der Waals surface area contributed by atoms with Crippen LogP contribution in [0.5, 0.6) is 0 Å². The average molecular weight is 412 g/mol. The van der Waals surface area contributed by atoms with Crippen molar-refractivity contribution in [2.24, 2.45) is 0 Å². The summed E-state index contributed by atoms with van der Waals surface area (Å²) in [5.74, 6) is -0.815. The zero-order valence-corrected chi connectivity index (χ0v) is 17.7. The van der Waals surface area contributed by atoms with Gasteiger partial charge in [-0.15, -0.1) is 0 Å². The molecule has 1 atom stereocenters. The summed E-state index contributed by atoms with van der Waals surface area (Å²) in [7, 11) is 0. The monoisotopic (exact) mass is 412 g/mol. The molecule has 2 amide bonds. The number of rotatable bonds is 7. The van der Waals surface area contributed by atoms with E-state index in [9.17, 15) is 14.4 Å². The molecule has 0 aromatic heterocycles. The lowest BCUT2D eigenvalue weighted by Gasteiger charge is -2.24. The van der Waals surface area contributed by atoms with Crippen LogP contribution in [-0.4, -0.2) is 29.6 Å². The van der Waals surface area contributed by atoms with Crippen molar-refractivity contribution in [1.29, 1.82) is 0 Å². The van der Waals surface area contributed by atoms with Crippen LogP contribution >= 0.6 is 0 Å². The van der Waals surface area contributed by atoms with Crippen molar-refractivity contribution in [1.82, 2.24) is 5.32 Å². The van der Waals surface area contributed by atoms with E-state index in [4.69, 9.17) is 9.47 Å². The lowest BCUT2D eigenvalue weighted by Crippen LogP contribution is -2.47. The van der Waals surface area contributed by atoms with Crippen molar-refractivity contribution in [3.05, 3.63) is 65.7 Å². The molecule has 0 aliphatic heterocycles. The number of alkyl carbamates (subject to hydrolysis) is 1. The van der Waals surface area contributed by atoms with Crippen molar-refractivity contribution in [3.8, 4) is 0 Å². The summed E-state index contributed by atoms with van der Waals surface area (Å²) >= 11 is 0. The Morgan fingerprint density at radius 2 is 1.60 bits per heavy atom. The molecule has 2 aromatic carbocycles. The third-order valence-corrected chi connectivity index (χ3v) is 4.00. The minimum atomic E-state index is -0.857. The van der Waals surface area contributed by atoms with Crippen LogP contribution in [0.2, 0.25) is 0 Å². The predicted molar refractivity (Wildman–Crippen MR) is 114 cm³/mol. The summed E-state index contributed by atoms with van der Waals surface area (Å²) in [6.07, 6.45) is -0.385. The lowest BCUT2D eigenvalue weighted by molar-refractivity contribution is -0.142. The Labute approximate surface area is 176 Å². The second-order valence-corrected chi connectivity index (χ2v) is 7.82. The zero-order chi connectivity index (χ0) is 22.1. The molecule has 0 heterocycles. The summed E-state index contributed by atoms with van der Waals surface area (Å²) in [5, 5.41) is 5.48. The fourth-order valence-corrected chi connectivity index (χ4v) is 2.68. The van der Waals surface area contributed by atoms with Gasteiger partial charge in [0.2, 0.25) is 5.91 Å². The Kier molecular flexibility index (Phi) is 7.98. The molecule has 7 nitrogen and oxygen atoms in total. The van der Waals surface area contributed by atoms with Crippen molar-refractivity contribution in [2.45, 2.75) is 52.4 Å². The third-order valence-electron chi connectivity index (χ3n) is 4.00. The van der Waals surface area contributed by atoms with Crippen LogP contribution in [0.15, 0.2) is 54.6 Å². The smallest absolute Gasteiger partial charge is 0.408 e. The summed E-state index contributed by atoms with van der Waals surface area (Å²) in [5.41, 5.74) is 1.36. The molecule has 0 saturated carbocycles. The number of esters is 1. The van der Waals surface area contributed by atoms with Gasteiger partial charge in [0.15, 0.2) is 0 Å². The van der Waals surface area contributed by atoms with Gasteiger partial charge in [0, 0.05) is 24.6 Å². The molecule has 7 heteroatoms. The molecule has 0 fully saturated rings. The van der Waals surface area contributed by atoms with Gasteiger partial charge < -0.3 is 20.1 Å². The molecule has 0 bridgehead atoms. The predicted octanol–water partition coefficient (Wildman–Crippen LogP) is 3.82. The maximum atomic E-state index is 13.0. The van der Waals surface area contributed by atoms with Crippen LogP contribution in [0.4, 0.5) is 10.5 Å². The Balaban J connectivity index is 2.18. The first kappa shape index (κ1) is 22.9. The fourth-order valence-electron chi connectivity index (χ4n) is 2.68. The quantitative estimate of drug-likeness (QED) is 0.674. The number of hydrogen-bond acceptors (Lipinski definition) is 5. The third kappa shape index (κ3) is 7.95. The van der Waals surface area contributed by atoms with Gasteiger partial charge in [0.05, 0.1) is 0 Å². The largest absolute Gasteiger partial charge is 0.461 e. The minimum absolute atomic E-state index is 0.0363. The summed E-state index contributed by atoms with van der Waals surface area (Å²) in [6, 6.07) is 15.5. The first-order valence-corrected chi connectivity index (χ1v) is 9.69. The number of anilines is 1. The minimum Gasteiger partial charge on any atom is -0.461 e. The number of hydrogen-bond donors (Lipinski definition) is 2. The van der Waals surface area contributed by atoms with E-state index in [0.29, 0.717) is 11.3 Å². The molecule has 0 spiro atoms. The van der Waals surface area contributed by atoms with Crippen LogP contribution in [0.3, 0.4) is 0 Å². The van der Waals surface area contributed by atoms with Crippen molar-refractivity contribution < 1.29 is 23.9 Å². The maximum absolute atomic E-state index is 13.0. The van der Waals surface area contributed by atoms with Gasteiger partial charge >= 0.3 is 12.1 Å². The van der Waals surface area contributed by atoms with E-state index in [2.05, 4.69) is 10.6 Å². The average Bonchev–Trinajstić information content (AvgIpc) is 2.66. The van der Waals surface area contributed by atoms with Gasteiger partial charge in [-0.2, -0.15) is 0 Å². The van der Waals surface area contributed by atoms with Crippen LogP contribution < -0.4 is 10.6 Å². The van der Waals surface area contributed by atoms with E-state index in [1.807, 2.05) is 30.3 Å². The molecule has 30 heavy (non-hydrogen) atoms. The van der Waals surface area contributed by atoms with Crippen molar-refractivity contribution in [2.75, 3.05) is 5.32 Å². The molecule has 0 aliphatic rings. The molecular weight excluding hydrogens is 384 g/mol. The van der Waals surface area contributed by atoms with Crippen LogP contribution in [0.25, 0.3) is 0 Å². The fraction of sp³-hybridized carbons (Fsp3) is 0.348. The molecule has 2 rings (SSSR count). The van der Waals surface area contributed by atoms with Crippen molar-refractivity contribution in [3.63, 3.8) is 0 Å². The van der Waals surface area contributed by atoms with E-state index in [-0.39, 0.29) is 13.0 Å². The topological polar surface area (TPSA) is 93.7 Å².